The first-order valence-corrected chi connectivity index (χ1v) is 16.5. The quantitative estimate of drug-likeness (QED) is 0.156. The predicted octanol–water partition coefficient (Wildman–Crippen LogP) is 8.17. The third-order valence-corrected chi connectivity index (χ3v) is 9.28. The SMILES string of the molecule is CC1=C(/C=C/C(C)=C/C=C/C(C)=C/C=C/C=C(C)/C=C/C=C(\C)C(O)CC2(C)OC(CC(C)O)CC2C)C(C)(C)C[C@H](O)[C@@H]1O. The fraction of sp³-hybridized carbons (Fsp3) is 0.550. The van der Waals surface area contributed by atoms with Gasteiger partial charge in [-0.3, -0.25) is 0 Å². The molecule has 5 nitrogen and oxygen atoms in total. The summed E-state index contributed by atoms with van der Waals surface area (Å²) < 4.78 is 6.27. The van der Waals surface area contributed by atoms with Crippen molar-refractivity contribution in [2.24, 2.45) is 11.3 Å². The number of aliphatic hydroxyl groups is 4. The third kappa shape index (κ3) is 12.3. The van der Waals surface area contributed by atoms with Gasteiger partial charge in [0.1, 0.15) is 6.10 Å². The van der Waals surface area contributed by atoms with E-state index in [9.17, 15) is 20.4 Å². The smallest absolute Gasteiger partial charge is 0.101 e. The largest absolute Gasteiger partial charge is 0.393 e. The van der Waals surface area contributed by atoms with Gasteiger partial charge in [0, 0.05) is 6.42 Å². The van der Waals surface area contributed by atoms with Crippen LogP contribution in [0, 0.1) is 11.3 Å². The molecule has 0 aromatic heterocycles. The molecule has 0 bridgehead atoms. The van der Waals surface area contributed by atoms with E-state index in [2.05, 4.69) is 78.0 Å². The first kappa shape index (κ1) is 38.6. The highest BCUT2D eigenvalue weighted by atomic mass is 16.5. The molecule has 45 heavy (non-hydrogen) atoms. The summed E-state index contributed by atoms with van der Waals surface area (Å²) >= 11 is 0. The molecule has 5 heteroatoms. The van der Waals surface area contributed by atoms with Gasteiger partial charge in [-0.25, -0.2) is 0 Å². The zero-order valence-electron chi connectivity index (χ0n) is 29.4. The van der Waals surface area contributed by atoms with Crippen LogP contribution in [0.25, 0.3) is 0 Å². The van der Waals surface area contributed by atoms with E-state index in [-0.39, 0.29) is 17.6 Å². The zero-order valence-corrected chi connectivity index (χ0v) is 29.4. The summed E-state index contributed by atoms with van der Waals surface area (Å²) in [6.07, 6.45) is 24.6. The zero-order chi connectivity index (χ0) is 33.9. The molecule has 2 rings (SSSR count). The Morgan fingerprint density at radius 1 is 0.867 bits per heavy atom. The van der Waals surface area contributed by atoms with Gasteiger partial charge >= 0.3 is 0 Å². The molecule has 0 aromatic rings. The monoisotopic (exact) mass is 620 g/mol. The molecule has 1 fully saturated rings. The number of aliphatic hydroxyl groups excluding tert-OH is 4. The van der Waals surface area contributed by atoms with E-state index in [0.717, 1.165) is 39.9 Å². The Kier molecular flexibility index (Phi) is 14.9. The van der Waals surface area contributed by atoms with Crippen molar-refractivity contribution in [2.45, 2.75) is 131 Å². The lowest BCUT2D eigenvalue weighted by Crippen LogP contribution is -2.38. The van der Waals surface area contributed by atoms with Gasteiger partial charge in [0.25, 0.3) is 0 Å². The maximum Gasteiger partial charge on any atom is 0.101 e. The third-order valence-electron chi connectivity index (χ3n) is 9.28. The molecule has 0 amide bonds. The Balaban J connectivity index is 1.89. The van der Waals surface area contributed by atoms with E-state index in [0.29, 0.717) is 25.2 Å². The molecule has 5 unspecified atom stereocenters. The maximum absolute atomic E-state index is 10.8. The second kappa shape index (κ2) is 17.4. The van der Waals surface area contributed by atoms with E-state index in [1.54, 1.807) is 6.92 Å². The van der Waals surface area contributed by atoms with Gasteiger partial charge < -0.3 is 25.2 Å². The first-order chi connectivity index (χ1) is 20.9. The van der Waals surface area contributed by atoms with Crippen molar-refractivity contribution >= 4 is 0 Å². The van der Waals surface area contributed by atoms with Gasteiger partial charge in [0.05, 0.1) is 30.0 Å². The van der Waals surface area contributed by atoms with E-state index < -0.39 is 23.9 Å². The van der Waals surface area contributed by atoms with E-state index >= 15 is 0 Å². The van der Waals surface area contributed by atoms with Crippen molar-refractivity contribution in [1.82, 2.24) is 0 Å². The number of hydrogen-bond donors (Lipinski definition) is 4. The second-order valence-electron chi connectivity index (χ2n) is 14.3. The Morgan fingerprint density at radius 3 is 1.98 bits per heavy atom. The van der Waals surface area contributed by atoms with Gasteiger partial charge in [-0.15, -0.1) is 0 Å². The van der Waals surface area contributed by atoms with Gasteiger partial charge in [0.2, 0.25) is 0 Å². The lowest BCUT2D eigenvalue weighted by atomic mass is 9.70. The normalized spacial score (nSPS) is 30.5. The van der Waals surface area contributed by atoms with Crippen LogP contribution in [0.5, 0.6) is 0 Å². The Hall–Kier alpha value is -2.54. The molecule has 0 radical (unpaired) electrons. The number of hydrogen-bond acceptors (Lipinski definition) is 5. The van der Waals surface area contributed by atoms with Crippen molar-refractivity contribution < 1.29 is 25.2 Å². The molecule has 0 aromatic carbocycles. The summed E-state index contributed by atoms with van der Waals surface area (Å²) in [5, 5.41) is 41.0. The molecule has 7 atom stereocenters. The maximum atomic E-state index is 10.8. The summed E-state index contributed by atoms with van der Waals surface area (Å²) in [5.74, 6) is 0.321. The minimum Gasteiger partial charge on any atom is -0.393 e. The molecule has 0 spiro atoms. The minimum atomic E-state index is -0.802. The number of allylic oxidation sites excluding steroid dienone is 16. The van der Waals surface area contributed by atoms with Crippen molar-refractivity contribution in [3.63, 3.8) is 0 Å². The molecule has 1 aliphatic carbocycles. The fourth-order valence-electron chi connectivity index (χ4n) is 6.20. The highest BCUT2D eigenvalue weighted by molar-refractivity contribution is 5.39. The Morgan fingerprint density at radius 2 is 1.40 bits per heavy atom. The van der Waals surface area contributed by atoms with Crippen LogP contribution in [0.15, 0.2) is 106 Å². The summed E-state index contributed by atoms with van der Waals surface area (Å²) in [5.41, 5.74) is 5.58. The van der Waals surface area contributed by atoms with E-state index in [1.165, 1.54) is 0 Å². The molecular formula is C40H60O5. The molecule has 1 saturated heterocycles. The highest BCUT2D eigenvalue weighted by Crippen LogP contribution is 2.42. The van der Waals surface area contributed by atoms with Crippen LogP contribution in [0.1, 0.15) is 94.9 Å². The average molecular weight is 621 g/mol. The van der Waals surface area contributed by atoms with Crippen molar-refractivity contribution in [1.29, 1.82) is 0 Å². The standard InChI is InChI=1S/C40H60O5/c1-27(17-13-18-29(3)21-22-35-33(7)38(44)37(43)25-39(35,8)9)15-11-12-16-28(2)19-14-20-30(4)36(42)26-40(10)31(5)23-34(45-40)24-32(6)41/h11-22,31-32,34,36-38,41-44H,23-26H2,1-10H3/b12-11+,17-13+,19-14+,22-21+,27-15+,28-16+,29-18+,30-20+/t31?,32?,34?,36?,37-,38+,40?/m0/s1. The van der Waals surface area contributed by atoms with Crippen LogP contribution in [-0.4, -0.2) is 56.5 Å². The van der Waals surface area contributed by atoms with Gasteiger partial charge in [-0.05, 0) is 95.8 Å². The molecular weight excluding hydrogens is 560 g/mol. The summed E-state index contributed by atoms with van der Waals surface area (Å²) in [6, 6.07) is 0. The number of ether oxygens (including phenoxy) is 1. The van der Waals surface area contributed by atoms with Crippen LogP contribution in [-0.2, 0) is 4.74 Å². The molecule has 4 N–H and O–H groups in total. The van der Waals surface area contributed by atoms with Crippen molar-refractivity contribution in [2.75, 3.05) is 0 Å². The summed E-state index contributed by atoms with van der Waals surface area (Å²) in [4.78, 5) is 0. The van der Waals surface area contributed by atoms with Crippen LogP contribution < -0.4 is 0 Å². The minimum absolute atomic E-state index is 0.0433. The lowest BCUT2D eigenvalue weighted by molar-refractivity contribution is -0.0749. The highest BCUT2D eigenvalue weighted by Gasteiger charge is 2.44. The van der Waals surface area contributed by atoms with Crippen LogP contribution in [0.3, 0.4) is 0 Å². The molecule has 1 heterocycles. The van der Waals surface area contributed by atoms with Crippen LogP contribution in [0.4, 0.5) is 0 Å². The number of rotatable bonds is 13. The van der Waals surface area contributed by atoms with Gasteiger partial charge in [0.15, 0.2) is 0 Å². The van der Waals surface area contributed by atoms with E-state index in [4.69, 9.17) is 4.74 Å². The van der Waals surface area contributed by atoms with Gasteiger partial charge in [-0.1, -0.05) is 110 Å². The van der Waals surface area contributed by atoms with E-state index in [1.807, 2.05) is 57.2 Å². The molecule has 2 aliphatic rings. The van der Waals surface area contributed by atoms with Crippen LogP contribution >= 0.6 is 0 Å². The fourth-order valence-corrected chi connectivity index (χ4v) is 6.20. The van der Waals surface area contributed by atoms with Crippen molar-refractivity contribution in [3.05, 3.63) is 106 Å². The Bertz CT molecular complexity index is 1270. The van der Waals surface area contributed by atoms with Crippen LogP contribution in [0.2, 0.25) is 0 Å². The predicted molar refractivity (Wildman–Crippen MR) is 189 cm³/mol. The second-order valence-corrected chi connectivity index (χ2v) is 14.3. The summed E-state index contributed by atoms with van der Waals surface area (Å²) in [7, 11) is 0. The molecule has 1 aliphatic heterocycles. The average Bonchev–Trinajstić information content (AvgIpc) is 3.20. The first-order valence-electron chi connectivity index (χ1n) is 16.5. The molecule has 250 valence electrons. The summed E-state index contributed by atoms with van der Waals surface area (Å²) in [6.45, 7) is 20.3. The Labute approximate surface area is 273 Å². The van der Waals surface area contributed by atoms with Crippen molar-refractivity contribution in [3.8, 4) is 0 Å². The topological polar surface area (TPSA) is 90.2 Å². The lowest BCUT2D eigenvalue weighted by Gasteiger charge is -2.38. The molecule has 0 saturated carbocycles. The van der Waals surface area contributed by atoms with Gasteiger partial charge in [-0.2, -0.15) is 0 Å².